The third-order valence-electron chi connectivity index (χ3n) is 1.93. The predicted molar refractivity (Wildman–Crippen MR) is 69.5 cm³/mol. The maximum atomic E-state index is 11.2. The van der Waals surface area contributed by atoms with Crippen LogP contribution in [0, 0.1) is 0 Å². The molecule has 0 unspecified atom stereocenters. The van der Waals surface area contributed by atoms with E-state index in [-0.39, 0.29) is 24.9 Å². The van der Waals surface area contributed by atoms with Crippen molar-refractivity contribution in [2.45, 2.75) is 0 Å². The van der Waals surface area contributed by atoms with Crippen LogP contribution in [0.15, 0.2) is 12.1 Å². The van der Waals surface area contributed by atoms with Crippen LogP contribution in [0.1, 0.15) is 0 Å². The number of nitrogens with one attached hydrogen (secondary N) is 1. The van der Waals surface area contributed by atoms with Crippen molar-refractivity contribution in [1.82, 2.24) is 0 Å². The first-order valence-corrected chi connectivity index (χ1v) is 4.91. The van der Waals surface area contributed by atoms with Gasteiger partial charge in [0.15, 0.2) is 0 Å². The number of carbonyl (C=O) groups excluding carboxylic acids is 1. The molecule has 0 aliphatic rings. The van der Waals surface area contributed by atoms with E-state index >= 15 is 0 Å². The second-order valence-corrected chi connectivity index (χ2v) is 3.35. The molecule has 17 heavy (non-hydrogen) atoms. The minimum absolute atomic E-state index is 0. The summed E-state index contributed by atoms with van der Waals surface area (Å²) in [5.41, 5.74) is 5.67. The number of benzene rings is 1. The second-order valence-electron chi connectivity index (χ2n) is 2.94. The maximum Gasteiger partial charge on any atom is 0.238 e. The highest BCUT2D eigenvalue weighted by atomic mass is 35.5. The molecule has 96 valence electrons. The average Bonchev–Trinajstić information content (AvgIpc) is 2.30. The monoisotopic (exact) mass is 280 g/mol. The van der Waals surface area contributed by atoms with Gasteiger partial charge < -0.3 is 20.5 Å². The van der Waals surface area contributed by atoms with Gasteiger partial charge in [0, 0.05) is 12.1 Å². The number of hydrogen-bond donors (Lipinski definition) is 2. The van der Waals surface area contributed by atoms with Crippen LogP contribution < -0.4 is 20.5 Å². The van der Waals surface area contributed by atoms with Crippen LogP contribution in [-0.2, 0) is 4.79 Å². The molecule has 1 aromatic rings. The van der Waals surface area contributed by atoms with Crippen LogP contribution in [0.25, 0.3) is 0 Å². The van der Waals surface area contributed by atoms with E-state index < -0.39 is 0 Å². The Labute approximate surface area is 111 Å². The van der Waals surface area contributed by atoms with Gasteiger partial charge in [0.25, 0.3) is 0 Å². The molecule has 0 saturated carbocycles. The van der Waals surface area contributed by atoms with Crippen molar-refractivity contribution in [3.05, 3.63) is 17.2 Å². The van der Waals surface area contributed by atoms with E-state index in [1.54, 1.807) is 12.1 Å². The maximum absolute atomic E-state index is 11.2. The standard InChI is InChI=1S/C10H13ClN2O3.ClH/c1-15-8-4-7(13-10(14)5-12)9(16-2)3-6(8)11;/h3-4H,5,12H2,1-2H3,(H,13,14);1H. The molecular formula is C10H14Cl2N2O3. The van der Waals surface area contributed by atoms with Crippen LogP contribution in [-0.4, -0.2) is 26.7 Å². The summed E-state index contributed by atoms with van der Waals surface area (Å²) in [6.07, 6.45) is 0. The van der Waals surface area contributed by atoms with Crippen molar-refractivity contribution in [3.63, 3.8) is 0 Å². The number of nitrogens with two attached hydrogens (primary N) is 1. The van der Waals surface area contributed by atoms with Crippen molar-refractivity contribution < 1.29 is 14.3 Å². The van der Waals surface area contributed by atoms with Gasteiger partial charge in [-0.05, 0) is 0 Å². The fourth-order valence-corrected chi connectivity index (χ4v) is 1.39. The highest BCUT2D eigenvalue weighted by Gasteiger charge is 2.11. The number of anilines is 1. The lowest BCUT2D eigenvalue weighted by atomic mass is 10.2. The number of carbonyl (C=O) groups is 1. The van der Waals surface area contributed by atoms with Gasteiger partial charge in [0.05, 0.1) is 31.5 Å². The SMILES string of the molecule is COc1cc(NC(=O)CN)c(OC)cc1Cl.Cl. The third kappa shape index (κ3) is 3.96. The van der Waals surface area contributed by atoms with E-state index in [0.29, 0.717) is 22.2 Å². The Hall–Kier alpha value is -1.17. The summed E-state index contributed by atoms with van der Waals surface area (Å²) in [4.78, 5) is 11.2. The number of halogens is 2. The average molecular weight is 281 g/mol. The number of methoxy groups -OCH3 is 2. The molecule has 0 saturated heterocycles. The minimum Gasteiger partial charge on any atom is -0.495 e. The summed E-state index contributed by atoms with van der Waals surface area (Å²) in [6.45, 7) is -0.103. The Balaban J connectivity index is 0.00000256. The summed E-state index contributed by atoms with van der Waals surface area (Å²) in [5.74, 6) is 0.588. The molecule has 0 spiro atoms. The van der Waals surface area contributed by atoms with Gasteiger partial charge in [0.2, 0.25) is 5.91 Å². The van der Waals surface area contributed by atoms with Gasteiger partial charge in [-0.2, -0.15) is 0 Å². The lowest BCUT2D eigenvalue weighted by molar-refractivity contribution is -0.114. The Kier molecular flexibility index (Phi) is 6.72. The highest BCUT2D eigenvalue weighted by molar-refractivity contribution is 6.32. The van der Waals surface area contributed by atoms with Crippen molar-refractivity contribution in [1.29, 1.82) is 0 Å². The van der Waals surface area contributed by atoms with E-state index in [1.165, 1.54) is 14.2 Å². The quantitative estimate of drug-likeness (QED) is 0.880. The van der Waals surface area contributed by atoms with E-state index in [4.69, 9.17) is 26.8 Å². The molecule has 0 heterocycles. The Morgan fingerprint density at radius 2 is 1.94 bits per heavy atom. The molecule has 1 rings (SSSR count). The van der Waals surface area contributed by atoms with Gasteiger partial charge >= 0.3 is 0 Å². The fourth-order valence-electron chi connectivity index (χ4n) is 1.16. The molecule has 3 N–H and O–H groups in total. The molecule has 0 aliphatic heterocycles. The van der Waals surface area contributed by atoms with Gasteiger partial charge in [-0.1, -0.05) is 11.6 Å². The van der Waals surface area contributed by atoms with Crippen molar-refractivity contribution >= 4 is 35.6 Å². The smallest absolute Gasteiger partial charge is 0.238 e. The Morgan fingerprint density at radius 3 is 2.41 bits per heavy atom. The largest absolute Gasteiger partial charge is 0.495 e. The number of ether oxygens (including phenoxy) is 2. The first-order chi connectivity index (χ1) is 7.62. The molecule has 5 nitrogen and oxygen atoms in total. The summed E-state index contributed by atoms with van der Waals surface area (Å²) in [5, 5.41) is 2.99. The molecule has 0 bridgehead atoms. The van der Waals surface area contributed by atoms with Crippen molar-refractivity contribution in [2.24, 2.45) is 5.73 Å². The summed E-state index contributed by atoms with van der Waals surface area (Å²) < 4.78 is 10.1. The van der Waals surface area contributed by atoms with Gasteiger partial charge in [0.1, 0.15) is 11.5 Å². The molecule has 0 fully saturated rings. The lowest BCUT2D eigenvalue weighted by Gasteiger charge is -2.12. The topological polar surface area (TPSA) is 73.6 Å². The van der Waals surface area contributed by atoms with Crippen LogP contribution >= 0.6 is 24.0 Å². The molecule has 1 amide bonds. The highest BCUT2D eigenvalue weighted by Crippen LogP contribution is 2.35. The molecule has 0 atom stereocenters. The normalized spacial score (nSPS) is 9.18. The molecule has 0 radical (unpaired) electrons. The summed E-state index contributed by atoms with van der Waals surface area (Å²) in [6, 6.07) is 3.14. The van der Waals surface area contributed by atoms with Crippen LogP contribution in [0.4, 0.5) is 5.69 Å². The fraction of sp³-hybridized carbons (Fsp3) is 0.300. The van der Waals surface area contributed by atoms with Gasteiger partial charge in [-0.25, -0.2) is 0 Å². The predicted octanol–water partition coefficient (Wildman–Crippen LogP) is 1.68. The van der Waals surface area contributed by atoms with E-state index in [9.17, 15) is 4.79 Å². The molecule has 1 aromatic carbocycles. The number of hydrogen-bond acceptors (Lipinski definition) is 4. The first kappa shape index (κ1) is 15.8. The minimum atomic E-state index is -0.317. The van der Waals surface area contributed by atoms with E-state index in [2.05, 4.69) is 5.32 Å². The third-order valence-corrected chi connectivity index (χ3v) is 2.23. The molecule has 0 aliphatic carbocycles. The Bertz CT molecular complexity index is 399. The molecular weight excluding hydrogens is 267 g/mol. The van der Waals surface area contributed by atoms with E-state index in [1.807, 2.05) is 0 Å². The summed E-state index contributed by atoms with van der Waals surface area (Å²) in [7, 11) is 2.97. The second kappa shape index (κ2) is 7.21. The van der Waals surface area contributed by atoms with Crippen LogP contribution in [0.3, 0.4) is 0 Å². The van der Waals surface area contributed by atoms with Crippen molar-refractivity contribution in [2.75, 3.05) is 26.1 Å². The lowest BCUT2D eigenvalue weighted by Crippen LogP contribution is -2.22. The zero-order valence-corrected chi connectivity index (χ0v) is 11.0. The molecule has 7 heteroatoms. The van der Waals surface area contributed by atoms with Crippen LogP contribution in [0.5, 0.6) is 11.5 Å². The summed E-state index contributed by atoms with van der Waals surface area (Å²) >= 11 is 5.91. The van der Waals surface area contributed by atoms with Crippen LogP contribution in [0.2, 0.25) is 5.02 Å². The Morgan fingerprint density at radius 1 is 1.35 bits per heavy atom. The number of rotatable bonds is 4. The number of amides is 1. The van der Waals surface area contributed by atoms with Gasteiger partial charge in [-0.15, -0.1) is 12.4 Å². The molecule has 0 aromatic heterocycles. The van der Waals surface area contributed by atoms with E-state index in [0.717, 1.165) is 0 Å². The zero-order valence-electron chi connectivity index (χ0n) is 9.45. The first-order valence-electron chi connectivity index (χ1n) is 4.53. The van der Waals surface area contributed by atoms with Gasteiger partial charge in [-0.3, -0.25) is 4.79 Å². The zero-order chi connectivity index (χ0) is 12.1. The van der Waals surface area contributed by atoms with Crippen molar-refractivity contribution in [3.8, 4) is 11.5 Å².